The summed E-state index contributed by atoms with van der Waals surface area (Å²) >= 11 is 0. The molecule has 0 spiro atoms. The number of hydrogen-bond acceptors (Lipinski definition) is 5. The first-order chi connectivity index (χ1) is 12.4. The monoisotopic (exact) mass is 365 g/mol. The average Bonchev–Trinajstić information content (AvgIpc) is 2.60. The normalized spacial score (nSPS) is 15.7. The minimum atomic E-state index is -1.13. The Kier molecular flexibility index (Phi) is 7.19. The van der Waals surface area contributed by atoms with Crippen LogP contribution in [0.15, 0.2) is 24.3 Å². The fraction of sp³-hybridized carbons (Fsp3) is 0.529. The topological polar surface area (TPSA) is 131 Å². The summed E-state index contributed by atoms with van der Waals surface area (Å²) in [6, 6.07) is 4.74. The van der Waals surface area contributed by atoms with Gasteiger partial charge in [0.15, 0.2) is 0 Å². The summed E-state index contributed by atoms with van der Waals surface area (Å²) < 4.78 is 5.05. The Morgan fingerprint density at radius 2 is 1.88 bits per heavy atom. The van der Waals surface area contributed by atoms with Gasteiger partial charge in [-0.3, -0.25) is 10.1 Å². The van der Waals surface area contributed by atoms with Crippen LogP contribution in [-0.2, 0) is 0 Å². The molecule has 1 unspecified atom stereocenters. The molecular formula is C17H23N3O6. The molecule has 26 heavy (non-hydrogen) atoms. The number of nitrogens with one attached hydrogen (secondary N) is 2. The third-order valence-corrected chi connectivity index (χ3v) is 4.42. The molecule has 0 saturated heterocycles. The van der Waals surface area contributed by atoms with Gasteiger partial charge in [-0.15, -0.1) is 0 Å². The van der Waals surface area contributed by atoms with E-state index >= 15 is 0 Å². The molecule has 1 atom stereocenters. The van der Waals surface area contributed by atoms with Gasteiger partial charge in [-0.2, -0.15) is 0 Å². The van der Waals surface area contributed by atoms with Gasteiger partial charge >= 0.3 is 12.2 Å². The quantitative estimate of drug-likeness (QED) is 0.502. The Hall–Kier alpha value is -2.84. The molecule has 2 rings (SSSR count). The molecule has 2 amide bonds. The Morgan fingerprint density at radius 1 is 1.23 bits per heavy atom. The fourth-order valence-corrected chi connectivity index (χ4v) is 3.18. The van der Waals surface area contributed by atoms with E-state index < -0.39 is 17.1 Å². The van der Waals surface area contributed by atoms with Crippen molar-refractivity contribution in [2.24, 2.45) is 5.92 Å². The number of amides is 2. The van der Waals surface area contributed by atoms with Crippen molar-refractivity contribution in [3.8, 4) is 5.75 Å². The van der Waals surface area contributed by atoms with Crippen LogP contribution in [0.3, 0.4) is 0 Å². The summed E-state index contributed by atoms with van der Waals surface area (Å²) in [5.74, 6) is 0.621. The molecule has 3 N–H and O–H groups in total. The Morgan fingerprint density at radius 3 is 2.46 bits per heavy atom. The number of carboxylic acid groups (broad SMARTS) is 1. The summed E-state index contributed by atoms with van der Waals surface area (Å²) in [5, 5.41) is 24.5. The molecule has 9 nitrogen and oxygen atoms in total. The van der Waals surface area contributed by atoms with E-state index in [1.807, 2.05) is 0 Å². The van der Waals surface area contributed by atoms with Crippen molar-refractivity contribution in [2.45, 2.75) is 44.6 Å². The minimum Gasteiger partial charge on any atom is -0.465 e. The fourth-order valence-electron chi connectivity index (χ4n) is 3.18. The average molecular weight is 365 g/mol. The van der Waals surface area contributed by atoms with Gasteiger partial charge in [-0.25, -0.2) is 9.59 Å². The number of ether oxygens (including phenoxy) is 1. The summed E-state index contributed by atoms with van der Waals surface area (Å²) in [7, 11) is 0. The highest BCUT2D eigenvalue weighted by Gasteiger charge is 2.21. The van der Waals surface area contributed by atoms with Crippen LogP contribution in [0.25, 0.3) is 0 Å². The predicted molar refractivity (Wildman–Crippen MR) is 93.3 cm³/mol. The largest absolute Gasteiger partial charge is 0.465 e. The minimum absolute atomic E-state index is 0.101. The van der Waals surface area contributed by atoms with Crippen LogP contribution >= 0.6 is 0 Å². The van der Waals surface area contributed by atoms with Gasteiger partial charge in [0, 0.05) is 24.7 Å². The predicted octanol–water partition coefficient (Wildman–Crippen LogP) is 3.29. The van der Waals surface area contributed by atoms with Gasteiger partial charge in [0.05, 0.1) is 4.92 Å². The highest BCUT2D eigenvalue weighted by Crippen LogP contribution is 2.27. The van der Waals surface area contributed by atoms with Crippen molar-refractivity contribution in [3.05, 3.63) is 34.4 Å². The molecule has 0 bridgehead atoms. The second-order valence-electron chi connectivity index (χ2n) is 6.41. The van der Waals surface area contributed by atoms with Crippen molar-refractivity contribution in [2.75, 3.05) is 6.54 Å². The maximum atomic E-state index is 11.9. The summed E-state index contributed by atoms with van der Waals surface area (Å²) in [6.45, 7) is 0.120. The molecule has 142 valence electrons. The molecule has 0 aromatic heterocycles. The SMILES string of the molecule is O=C(O)NC(CNC(=O)Oc1ccc([N+](=O)[O-])cc1)CC1CCCCC1. The van der Waals surface area contributed by atoms with Crippen molar-refractivity contribution < 1.29 is 24.4 Å². The Labute approximate surface area is 150 Å². The van der Waals surface area contributed by atoms with Gasteiger partial charge in [0.25, 0.3) is 5.69 Å². The number of hydrogen-bond donors (Lipinski definition) is 3. The van der Waals surface area contributed by atoms with Crippen LogP contribution in [0.1, 0.15) is 38.5 Å². The van der Waals surface area contributed by atoms with E-state index in [2.05, 4.69) is 10.6 Å². The molecule has 1 aliphatic rings. The maximum Gasteiger partial charge on any atom is 0.412 e. The Balaban J connectivity index is 1.82. The van der Waals surface area contributed by atoms with Crippen LogP contribution in [-0.4, -0.2) is 34.8 Å². The summed E-state index contributed by atoms with van der Waals surface area (Å²) in [5.41, 5.74) is -0.101. The molecule has 0 radical (unpaired) electrons. The van der Waals surface area contributed by atoms with Crippen molar-refractivity contribution in [3.63, 3.8) is 0 Å². The van der Waals surface area contributed by atoms with Crippen LogP contribution in [0.5, 0.6) is 5.75 Å². The van der Waals surface area contributed by atoms with E-state index in [0.29, 0.717) is 12.3 Å². The Bertz CT molecular complexity index is 628. The molecular weight excluding hydrogens is 342 g/mol. The van der Waals surface area contributed by atoms with Crippen LogP contribution in [0, 0.1) is 16.0 Å². The standard InChI is InChI=1S/C17H23N3O6/c21-16(22)19-13(10-12-4-2-1-3-5-12)11-18-17(23)26-15-8-6-14(7-9-15)20(24)25/h6-9,12-13,19H,1-5,10-11H2,(H,18,23)(H,21,22). The van der Waals surface area contributed by atoms with E-state index in [0.717, 1.165) is 25.7 Å². The van der Waals surface area contributed by atoms with Crippen molar-refractivity contribution >= 4 is 17.9 Å². The van der Waals surface area contributed by atoms with Crippen LogP contribution < -0.4 is 15.4 Å². The third kappa shape index (κ3) is 6.58. The van der Waals surface area contributed by atoms with E-state index in [9.17, 15) is 19.7 Å². The maximum absolute atomic E-state index is 11.9. The zero-order valence-corrected chi connectivity index (χ0v) is 14.3. The first-order valence-corrected chi connectivity index (χ1v) is 8.63. The molecule has 9 heteroatoms. The zero-order chi connectivity index (χ0) is 18.9. The highest BCUT2D eigenvalue weighted by atomic mass is 16.6. The smallest absolute Gasteiger partial charge is 0.412 e. The molecule has 1 fully saturated rings. The molecule has 0 heterocycles. The van der Waals surface area contributed by atoms with Gasteiger partial charge < -0.3 is 20.5 Å². The molecule has 0 aliphatic heterocycles. The molecule has 1 saturated carbocycles. The van der Waals surface area contributed by atoms with Gasteiger partial charge in [-0.05, 0) is 24.5 Å². The number of nitro groups is 1. The lowest BCUT2D eigenvalue weighted by Crippen LogP contribution is -2.45. The zero-order valence-electron chi connectivity index (χ0n) is 14.3. The van der Waals surface area contributed by atoms with Crippen molar-refractivity contribution in [1.82, 2.24) is 10.6 Å². The summed E-state index contributed by atoms with van der Waals surface area (Å²) in [6.07, 6.45) is 4.48. The lowest BCUT2D eigenvalue weighted by atomic mass is 9.85. The van der Waals surface area contributed by atoms with Gasteiger partial charge in [0.1, 0.15) is 5.75 Å². The number of nitro benzene ring substituents is 1. The van der Waals surface area contributed by atoms with E-state index in [1.54, 1.807) is 0 Å². The van der Waals surface area contributed by atoms with E-state index in [-0.39, 0.29) is 24.0 Å². The summed E-state index contributed by atoms with van der Waals surface area (Å²) in [4.78, 5) is 32.9. The number of carbonyl (C=O) groups is 2. The van der Waals surface area contributed by atoms with Crippen LogP contribution in [0.4, 0.5) is 15.3 Å². The lowest BCUT2D eigenvalue weighted by molar-refractivity contribution is -0.384. The number of rotatable bonds is 7. The first kappa shape index (κ1) is 19.5. The van der Waals surface area contributed by atoms with Crippen LogP contribution in [0.2, 0.25) is 0 Å². The first-order valence-electron chi connectivity index (χ1n) is 8.63. The molecule has 1 aromatic rings. The molecule has 1 aromatic carbocycles. The second kappa shape index (κ2) is 9.59. The number of nitrogens with zero attached hydrogens (tertiary/aromatic N) is 1. The number of benzene rings is 1. The third-order valence-electron chi connectivity index (χ3n) is 4.42. The van der Waals surface area contributed by atoms with Gasteiger partial charge in [0.2, 0.25) is 0 Å². The lowest BCUT2D eigenvalue weighted by Gasteiger charge is -2.26. The number of non-ortho nitro benzene ring substituents is 1. The van der Waals surface area contributed by atoms with Gasteiger partial charge in [-0.1, -0.05) is 32.1 Å². The number of carbonyl (C=O) groups excluding carboxylic acids is 1. The highest BCUT2D eigenvalue weighted by molar-refractivity contribution is 5.70. The molecule has 1 aliphatic carbocycles. The van der Waals surface area contributed by atoms with Crippen molar-refractivity contribution in [1.29, 1.82) is 0 Å². The second-order valence-corrected chi connectivity index (χ2v) is 6.41. The van der Waals surface area contributed by atoms with E-state index in [1.165, 1.54) is 30.7 Å². The van der Waals surface area contributed by atoms with E-state index in [4.69, 9.17) is 9.84 Å².